The Labute approximate surface area is 113 Å². The van der Waals surface area contributed by atoms with Gasteiger partial charge in [-0.1, -0.05) is 6.07 Å². The molecule has 0 bridgehead atoms. The maximum Gasteiger partial charge on any atom is 0.241 e. The lowest BCUT2D eigenvalue weighted by atomic mass is 10.1. The normalized spacial score (nSPS) is 11.1. The Bertz CT molecular complexity index is 447. The van der Waals surface area contributed by atoms with Crippen LogP contribution in [0.2, 0.25) is 0 Å². The minimum absolute atomic E-state index is 0. The molecule has 0 saturated carbocycles. The van der Waals surface area contributed by atoms with Crippen LogP contribution in [0.25, 0.3) is 0 Å². The molecule has 0 aliphatic heterocycles. The van der Waals surface area contributed by atoms with Gasteiger partial charge in [0, 0.05) is 18.3 Å². The van der Waals surface area contributed by atoms with Crippen LogP contribution < -0.4 is 16.4 Å². The molecule has 1 atom stereocenters. The second-order valence-corrected chi connectivity index (χ2v) is 3.99. The lowest BCUT2D eigenvalue weighted by Gasteiger charge is -2.12. The molecule has 0 fully saturated rings. The van der Waals surface area contributed by atoms with Crippen LogP contribution in [0.15, 0.2) is 18.2 Å². The predicted octanol–water partition coefficient (Wildman–Crippen LogP) is 1.66. The molecule has 100 valence electrons. The summed E-state index contributed by atoms with van der Waals surface area (Å²) in [5.41, 5.74) is 7.67. The molecule has 4 N–H and O–H groups in total. The molecule has 0 heterocycles. The molecule has 1 aromatic carbocycles. The zero-order chi connectivity index (χ0) is 13.0. The summed E-state index contributed by atoms with van der Waals surface area (Å²) in [7, 11) is 0. The second kappa shape index (κ2) is 6.98. The minimum atomic E-state index is -0.571. The number of carbonyl (C=O) groups is 2. The van der Waals surface area contributed by atoms with Gasteiger partial charge >= 0.3 is 0 Å². The van der Waals surface area contributed by atoms with Gasteiger partial charge in [0.05, 0.1) is 6.04 Å². The summed E-state index contributed by atoms with van der Waals surface area (Å²) < 4.78 is 0. The van der Waals surface area contributed by atoms with Crippen LogP contribution in [0, 0.1) is 6.92 Å². The van der Waals surface area contributed by atoms with Crippen molar-refractivity contribution in [2.45, 2.75) is 26.8 Å². The second-order valence-electron chi connectivity index (χ2n) is 3.99. The molecule has 0 saturated heterocycles. The SMILES string of the molecule is CC(=O)Nc1ccc(C)c(NC(=O)[C@H](C)N)c1.Cl. The summed E-state index contributed by atoms with van der Waals surface area (Å²) in [5, 5.41) is 5.36. The van der Waals surface area contributed by atoms with Crippen LogP contribution in [-0.2, 0) is 9.59 Å². The number of nitrogens with one attached hydrogen (secondary N) is 2. The third-order valence-corrected chi connectivity index (χ3v) is 2.23. The summed E-state index contributed by atoms with van der Waals surface area (Å²) in [5.74, 6) is -0.411. The standard InChI is InChI=1S/C12H17N3O2.ClH/c1-7-4-5-10(14-9(3)16)6-11(7)15-12(17)8(2)13;/h4-6,8H,13H2,1-3H3,(H,14,16)(H,15,17);1H/t8-;/m0./s1. The molecule has 2 amide bonds. The first-order valence-electron chi connectivity index (χ1n) is 5.35. The van der Waals surface area contributed by atoms with Crippen molar-refractivity contribution in [3.05, 3.63) is 23.8 Å². The topological polar surface area (TPSA) is 84.2 Å². The van der Waals surface area contributed by atoms with E-state index in [4.69, 9.17) is 5.73 Å². The van der Waals surface area contributed by atoms with E-state index in [2.05, 4.69) is 10.6 Å². The van der Waals surface area contributed by atoms with Gasteiger partial charge in [0.15, 0.2) is 0 Å². The fraction of sp³-hybridized carbons (Fsp3) is 0.333. The third kappa shape index (κ3) is 4.73. The van der Waals surface area contributed by atoms with Crippen LogP contribution >= 0.6 is 12.4 Å². The Balaban J connectivity index is 0.00000289. The summed E-state index contributed by atoms with van der Waals surface area (Å²) in [6.45, 7) is 4.91. The number of amides is 2. The zero-order valence-electron chi connectivity index (χ0n) is 10.6. The molecule has 5 nitrogen and oxygen atoms in total. The fourth-order valence-corrected chi connectivity index (χ4v) is 1.28. The Morgan fingerprint density at radius 1 is 1.28 bits per heavy atom. The number of benzene rings is 1. The van der Waals surface area contributed by atoms with Gasteiger partial charge in [-0.15, -0.1) is 12.4 Å². The van der Waals surface area contributed by atoms with Gasteiger partial charge in [-0.25, -0.2) is 0 Å². The average molecular weight is 272 g/mol. The highest BCUT2D eigenvalue weighted by molar-refractivity contribution is 5.96. The van der Waals surface area contributed by atoms with E-state index in [1.165, 1.54) is 6.92 Å². The van der Waals surface area contributed by atoms with Gasteiger partial charge in [0.2, 0.25) is 11.8 Å². The van der Waals surface area contributed by atoms with Gasteiger partial charge in [0.1, 0.15) is 0 Å². The van der Waals surface area contributed by atoms with E-state index < -0.39 is 6.04 Å². The third-order valence-electron chi connectivity index (χ3n) is 2.23. The van der Waals surface area contributed by atoms with Crippen molar-refractivity contribution in [1.29, 1.82) is 0 Å². The summed E-state index contributed by atoms with van der Waals surface area (Å²) in [6.07, 6.45) is 0. The van der Waals surface area contributed by atoms with Crippen molar-refractivity contribution in [2.24, 2.45) is 5.73 Å². The van der Waals surface area contributed by atoms with Crippen molar-refractivity contribution < 1.29 is 9.59 Å². The van der Waals surface area contributed by atoms with E-state index in [0.29, 0.717) is 11.4 Å². The Hall–Kier alpha value is -1.59. The fourth-order valence-electron chi connectivity index (χ4n) is 1.28. The number of carbonyl (C=O) groups excluding carboxylic acids is 2. The van der Waals surface area contributed by atoms with Crippen LogP contribution in [-0.4, -0.2) is 17.9 Å². The highest BCUT2D eigenvalue weighted by atomic mass is 35.5. The molecular weight excluding hydrogens is 254 g/mol. The van der Waals surface area contributed by atoms with Gasteiger partial charge in [0.25, 0.3) is 0 Å². The molecule has 0 aliphatic rings. The van der Waals surface area contributed by atoms with Crippen LogP contribution in [0.1, 0.15) is 19.4 Å². The maximum absolute atomic E-state index is 11.5. The van der Waals surface area contributed by atoms with E-state index >= 15 is 0 Å². The number of nitrogens with two attached hydrogens (primary N) is 1. The molecule has 18 heavy (non-hydrogen) atoms. The highest BCUT2D eigenvalue weighted by Gasteiger charge is 2.09. The molecule has 1 aromatic rings. The van der Waals surface area contributed by atoms with E-state index in [-0.39, 0.29) is 24.2 Å². The van der Waals surface area contributed by atoms with Crippen molar-refractivity contribution >= 4 is 35.6 Å². The lowest BCUT2D eigenvalue weighted by molar-refractivity contribution is -0.117. The average Bonchev–Trinajstić information content (AvgIpc) is 2.22. The molecule has 0 spiro atoms. The summed E-state index contributed by atoms with van der Waals surface area (Å²) in [6, 6.07) is 4.73. The Morgan fingerprint density at radius 2 is 1.89 bits per heavy atom. The summed E-state index contributed by atoms with van der Waals surface area (Å²) >= 11 is 0. The van der Waals surface area contributed by atoms with Crippen molar-refractivity contribution in [3.8, 4) is 0 Å². The van der Waals surface area contributed by atoms with Crippen molar-refractivity contribution in [2.75, 3.05) is 10.6 Å². The Morgan fingerprint density at radius 3 is 2.39 bits per heavy atom. The maximum atomic E-state index is 11.5. The molecule has 0 unspecified atom stereocenters. The molecule has 6 heteroatoms. The number of halogens is 1. The first-order chi connectivity index (χ1) is 7.90. The first-order valence-corrected chi connectivity index (χ1v) is 5.35. The largest absolute Gasteiger partial charge is 0.326 e. The number of hydrogen-bond acceptors (Lipinski definition) is 3. The number of aryl methyl sites for hydroxylation is 1. The van der Waals surface area contributed by atoms with E-state index in [1.807, 2.05) is 13.0 Å². The number of rotatable bonds is 3. The van der Waals surface area contributed by atoms with Crippen LogP contribution in [0.3, 0.4) is 0 Å². The molecule has 0 radical (unpaired) electrons. The van der Waals surface area contributed by atoms with Crippen LogP contribution in [0.4, 0.5) is 11.4 Å². The number of hydrogen-bond donors (Lipinski definition) is 3. The van der Waals surface area contributed by atoms with E-state index in [9.17, 15) is 9.59 Å². The smallest absolute Gasteiger partial charge is 0.241 e. The monoisotopic (exact) mass is 271 g/mol. The van der Waals surface area contributed by atoms with Gasteiger partial charge in [-0.3, -0.25) is 9.59 Å². The minimum Gasteiger partial charge on any atom is -0.326 e. The zero-order valence-corrected chi connectivity index (χ0v) is 11.4. The quantitative estimate of drug-likeness (QED) is 0.782. The highest BCUT2D eigenvalue weighted by Crippen LogP contribution is 2.20. The van der Waals surface area contributed by atoms with Gasteiger partial charge < -0.3 is 16.4 Å². The van der Waals surface area contributed by atoms with Crippen LogP contribution in [0.5, 0.6) is 0 Å². The molecule has 1 rings (SSSR count). The molecular formula is C12H18ClN3O2. The Kier molecular flexibility index (Phi) is 6.36. The number of anilines is 2. The van der Waals surface area contributed by atoms with E-state index in [1.54, 1.807) is 19.1 Å². The summed E-state index contributed by atoms with van der Waals surface area (Å²) in [4.78, 5) is 22.4. The first kappa shape index (κ1) is 16.4. The van der Waals surface area contributed by atoms with E-state index in [0.717, 1.165) is 5.56 Å². The van der Waals surface area contributed by atoms with Crippen molar-refractivity contribution in [3.63, 3.8) is 0 Å². The lowest BCUT2D eigenvalue weighted by Crippen LogP contribution is -2.32. The molecule has 0 aromatic heterocycles. The molecule has 0 aliphatic carbocycles. The van der Waals surface area contributed by atoms with Gasteiger partial charge in [-0.2, -0.15) is 0 Å². The predicted molar refractivity (Wildman–Crippen MR) is 75.0 cm³/mol. The van der Waals surface area contributed by atoms with Gasteiger partial charge in [-0.05, 0) is 31.5 Å². The van der Waals surface area contributed by atoms with Crippen molar-refractivity contribution in [1.82, 2.24) is 0 Å².